The van der Waals surface area contributed by atoms with Crippen LogP contribution < -0.4 is 22.4 Å². The van der Waals surface area contributed by atoms with Crippen molar-refractivity contribution in [3.63, 3.8) is 0 Å². The van der Waals surface area contributed by atoms with Crippen LogP contribution in [0.3, 0.4) is 0 Å². The van der Waals surface area contributed by atoms with E-state index < -0.39 is 23.9 Å². The molecule has 0 bridgehead atoms. The zero-order chi connectivity index (χ0) is 14.0. The lowest BCUT2D eigenvalue weighted by Crippen LogP contribution is -2.49. The number of alkyl halides is 3. The van der Waals surface area contributed by atoms with Crippen LogP contribution in [0.15, 0.2) is 29.3 Å². The molecule has 6 N–H and O–H groups in total. The van der Waals surface area contributed by atoms with E-state index in [1.807, 2.05) is 0 Å². The van der Waals surface area contributed by atoms with Gasteiger partial charge in [-0.15, -0.1) is 0 Å². The van der Waals surface area contributed by atoms with Crippen molar-refractivity contribution in [3.8, 4) is 0 Å². The van der Waals surface area contributed by atoms with Crippen LogP contribution in [0.5, 0.6) is 0 Å². The summed E-state index contributed by atoms with van der Waals surface area (Å²) in [4.78, 5) is 8.54. The molecule has 1 aliphatic rings. The van der Waals surface area contributed by atoms with Gasteiger partial charge in [-0.05, 0) is 18.2 Å². The third kappa shape index (κ3) is 3.20. The van der Waals surface area contributed by atoms with Gasteiger partial charge < -0.3 is 11.5 Å². The Hall–Kier alpha value is -1.68. The molecule has 1 fully saturated rings. The summed E-state index contributed by atoms with van der Waals surface area (Å²) >= 11 is 0. The highest BCUT2D eigenvalue weighted by molar-refractivity contribution is 5.88. The number of hydrogen-bond donors (Lipinski definition) is 4. The molecule has 0 aromatic heterocycles. The molecule has 2 atom stereocenters. The molecule has 19 heavy (non-hydrogen) atoms. The van der Waals surface area contributed by atoms with E-state index in [2.05, 4.69) is 20.9 Å². The average molecular weight is 275 g/mol. The number of nitrogens with one attached hydrogen (secondary N) is 2. The summed E-state index contributed by atoms with van der Waals surface area (Å²) in [5, 5.41) is 0. The van der Waals surface area contributed by atoms with Crippen molar-refractivity contribution in [1.29, 1.82) is 0 Å². The first-order chi connectivity index (χ1) is 8.88. The normalized spacial score (nSPS) is 24.7. The first kappa shape index (κ1) is 13.7. The fraction of sp³-hybridized carbons (Fsp3) is 0.300. The SMILES string of the molecule is NC(=Nc1cccc(C(F)(F)F)c1)C1NONC1N. The van der Waals surface area contributed by atoms with E-state index in [0.717, 1.165) is 12.1 Å². The maximum Gasteiger partial charge on any atom is 0.416 e. The number of amidine groups is 1. The molecular weight excluding hydrogens is 263 g/mol. The summed E-state index contributed by atoms with van der Waals surface area (Å²) < 4.78 is 37.6. The Morgan fingerprint density at radius 2 is 2.05 bits per heavy atom. The summed E-state index contributed by atoms with van der Waals surface area (Å²) in [6, 6.07) is 3.92. The van der Waals surface area contributed by atoms with Gasteiger partial charge in [0.15, 0.2) is 0 Å². The third-order valence-corrected chi connectivity index (χ3v) is 2.49. The molecule has 0 radical (unpaired) electrons. The Morgan fingerprint density at radius 3 is 2.63 bits per heavy atom. The summed E-state index contributed by atoms with van der Waals surface area (Å²) in [6.45, 7) is 0. The molecule has 6 nitrogen and oxygen atoms in total. The standard InChI is InChI=1S/C10H12F3N5O/c11-10(12,13)5-2-1-3-6(4-5)16-8(14)7-9(15)18-19-17-7/h1-4,7,9,17-18H,15H2,(H2,14,16). The van der Waals surface area contributed by atoms with E-state index in [0.29, 0.717) is 0 Å². The predicted molar refractivity (Wildman–Crippen MR) is 61.8 cm³/mol. The van der Waals surface area contributed by atoms with Crippen LogP contribution in [0, 0.1) is 0 Å². The smallest absolute Gasteiger partial charge is 0.386 e. The van der Waals surface area contributed by atoms with Crippen molar-refractivity contribution in [2.45, 2.75) is 18.4 Å². The fourth-order valence-electron chi connectivity index (χ4n) is 1.52. The van der Waals surface area contributed by atoms with Gasteiger partial charge in [-0.2, -0.15) is 24.1 Å². The molecule has 1 aromatic carbocycles. The monoisotopic (exact) mass is 275 g/mol. The number of hydroxylamine groups is 2. The Bertz CT molecular complexity index is 490. The topological polar surface area (TPSA) is 97.7 Å². The minimum absolute atomic E-state index is 0.0248. The molecule has 104 valence electrons. The van der Waals surface area contributed by atoms with Crippen LogP contribution >= 0.6 is 0 Å². The lowest BCUT2D eigenvalue weighted by atomic mass is 10.2. The van der Waals surface area contributed by atoms with Gasteiger partial charge in [0.05, 0.1) is 11.3 Å². The molecule has 1 aromatic rings. The average Bonchev–Trinajstić information content (AvgIpc) is 2.75. The van der Waals surface area contributed by atoms with Gasteiger partial charge in [0.25, 0.3) is 0 Å². The predicted octanol–water partition coefficient (Wildman–Crippen LogP) is 0.387. The van der Waals surface area contributed by atoms with Crippen LogP contribution in [-0.2, 0) is 11.1 Å². The van der Waals surface area contributed by atoms with Gasteiger partial charge in [-0.25, -0.2) is 9.93 Å². The van der Waals surface area contributed by atoms with Crippen LogP contribution in [0.4, 0.5) is 18.9 Å². The second kappa shape index (κ2) is 5.13. The molecule has 0 saturated carbocycles. The highest BCUT2D eigenvalue weighted by atomic mass is 19.4. The van der Waals surface area contributed by atoms with E-state index in [1.165, 1.54) is 12.1 Å². The van der Waals surface area contributed by atoms with E-state index in [9.17, 15) is 13.2 Å². The van der Waals surface area contributed by atoms with Crippen molar-refractivity contribution >= 4 is 11.5 Å². The molecule has 0 amide bonds. The minimum Gasteiger partial charge on any atom is -0.386 e. The maximum atomic E-state index is 12.5. The number of aliphatic imine (C=N–C) groups is 1. The minimum atomic E-state index is -4.42. The molecular formula is C10H12F3N5O. The van der Waals surface area contributed by atoms with Gasteiger partial charge in [0, 0.05) is 0 Å². The van der Waals surface area contributed by atoms with E-state index >= 15 is 0 Å². The fourth-order valence-corrected chi connectivity index (χ4v) is 1.52. The number of nitrogens with zero attached hydrogens (tertiary/aromatic N) is 1. The van der Waals surface area contributed by atoms with Crippen molar-refractivity contribution < 1.29 is 18.1 Å². The summed E-state index contributed by atoms with van der Waals surface area (Å²) in [7, 11) is 0. The maximum absolute atomic E-state index is 12.5. The lowest BCUT2D eigenvalue weighted by Gasteiger charge is -2.12. The number of nitrogens with two attached hydrogens (primary N) is 2. The Kier molecular flexibility index (Phi) is 3.71. The molecule has 2 unspecified atom stereocenters. The van der Waals surface area contributed by atoms with Crippen molar-refractivity contribution in [3.05, 3.63) is 29.8 Å². The van der Waals surface area contributed by atoms with E-state index in [-0.39, 0.29) is 11.5 Å². The summed E-state index contributed by atoms with van der Waals surface area (Å²) in [5.41, 5.74) is 15.4. The molecule has 2 rings (SSSR count). The van der Waals surface area contributed by atoms with E-state index in [4.69, 9.17) is 11.5 Å². The second-order valence-corrected chi connectivity index (χ2v) is 3.93. The van der Waals surface area contributed by atoms with Gasteiger partial charge >= 0.3 is 6.18 Å². The van der Waals surface area contributed by atoms with Crippen LogP contribution in [0.2, 0.25) is 0 Å². The lowest BCUT2D eigenvalue weighted by molar-refractivity contribution is -0.137. The van der Waals surface area contributed by atoms with Crippen LogP contribution in [0.25, 0.3) is 0 Å². The van der Waals surface area contributed by atoms with Crippen molar-refractivity contribution in [2.24, 2.45) is 16.5 Å². The second-order valence-electron chi connectivity index (χ2n) is 3.93. The van der Waals surface area contributed by atoms with Crippen molar-refractivity contribution in [1.82, 2.24) is 11.0 Å². The molecule has 0 spiro atoms. The van der Waals surface area contributed by atoms with Crippen molar-refractivity contribution in [2.75, 3.05) is 0 Å². The van der Waals surface area contributed by atoms with Gasteiger partial charge in [0.1, 0.15) is 18.0 Å². The third-order valence-electron chi connectivity index (χ3n) is 2.49. The molecule has 1 saturated heterocycles. The number of benzene rings is 1. The highest BCUT2D eigenvalue weighted by Gasteiger charge is 2.31. The Labute approximate surface area is 106 Å². The van der Waals surface area contributed by atoms with Gasteiger partial charge in [-0.1, -0.05) is 6.07 Å². The van der Waals surface area contributed by atoms with Crippen LogP contribution in [-0.4, -0.2) is 18.0 Å². The Balaban J connectivity index is 2.23. The molecule has 9 heteroatoms. The number of rotatable bonds is 2. The van der Waals surface area contributed by atoms with E-state index in [1.54, 1.807) is 0 Å². The quantitative estimate of drug-likeness (QED) is 0.462. The zero-order valence-electron chi connectivity index (χ0n) is 9.61. The molecule has 1 aliphatic heterocycles. The Morgan fingerprint density at radius 1 is 1.32 bits per heavy atom. The first-order valence-electron chi connectivity index (χ1n) is 5.32. The highest BCUT2D eigenvalue weighted by Crippen LogP contribution is 2.31. The largest absolute Gasteiger partial charge is 0.416 e. The van der Waals surface area contributed by atoms with Gasteiger partial charge in [-0.3, -0.25) is 0 Å². The summed E-state index contributed by atoms with van der Waals surface area (Å²) in [6.07, 6.45) is -5.05. The number of halogens is 3. The van der Waals surface area contributed by atoms with Crippen LogP contribution in [0.1, 0.15) is 5.56 Å². The van der Waals surface area contributed by atoms with Gasteiger partial charge in [0.2, 0.25) is 0 Å². The molecule has 0 aliphatic carbocycles. The first-order valence-corrected chi connectivity index (χ1v) is 5.32. The zero-order valence-corrected chi connectivity index (χ0v) is 9.61. The summed E-state index contributed by atoms with van der Waals surface area (Å²) in [5.74, 6) is 0.0248. The molecule has 1 heterocycles. The number of hydrogen-bond acceptors (Lipinski definition) is 5.